The van der Waals surface area contributed by atoms with Gasteiger partial charge in [-0.25, -0.2) is 4.98 Å². The summed E-state index contributed by atoms with van der Waals surface area (Å²) >= 11 is 3.24. The predicted molar refractivity (Wildman–Crippen MR) is 61.8 cm³/mol. The Morgan fingerprint density at radius 3 is 2.47 bits per heavy atom. The van der Waals surface area contributed by atoms with Crippen LogP contribution in [0.1, 0.15) is 15.9 Å². The Morgan fingerprint density at radius 2 is 1.80 bits per heavy atom. The van der Waals surface area contributed by atoms with Crippen LogP contribution in [0.5, 0.6) is 0 Å². The average molecular weight is 262 g/mol. The van der Waals surface area contributed by atoms with Crippen LogP contribution in [0, 0.1) is 0 Å². The summed E-state index contributed by atoms with van der Waals surface area (Å²) in [6.07, 6.45) is 1.61. The minimum absolute atomic E-state index is 0.0127. The second-order valence-corrected chi connectivity index (χ2v) is 3.87. The van der Waals surface area contributed by atoms with E-state index in [4.69, 9.17) is 0 Å². The third-order valence-corrected chi connectivity index (χ3v) is 2.46. The number of carbonyl (C=O) groups excluding carboxylic acids is 1. The van der Waals surface area contributed by atoms with Crippen LogP contribution in [-0.4, -0.2) is 10.8 Å². The van der Waals surface area contributed by atoms with Crippen LogP contribution in [0.25, 0.3) is 0 Å². The topological polar surface area (TPSA) is 30.0 Å². The lowest BCUT2D eigenvalue weighted by atomic mass is 10.1. The average Bonchev–Trinajstić information content (AvgIpc) is 2.29. The number of rotatable bonds is 2. The molecule has 0 unspecified atom stereocenters. The van der Waals surface area contributed by atoms with E-state index in [1.807, 2.05) is 18.2 Å². The fourth-order valence-corrected chi connectivity index (χ4v) is 1.66. The summed E-state index contributed by atoms with van der Waals surface area (Å²) in [6.45, 7) is 0. The number of carbonyl (C=O) groups is 1. The van der Waals surface area contributed by atoms with Crippen LogP contribution in [0.4, 0.5) is 0 Å². The molecule has 0 saturated heterocycles. The highest BCUT2D eigenvalue weighted by molar-refractivity contribution is 9.10. The summed E-state index contributed by atoms with van der Waals surface area (Å²) in [5.74, 6) is 0.0127. The van der Waals surface area contributed by atoms with Gasteiger partial charge in [0, 0.05) is 17.3 Å². The largest absolute Gasteiger partial charge is 0.289 e. The first kappa shape index (κ1) is 10.1. The van der Waals surface area contributed by atoms with Crippen molar-refractivity contribution in [2.75, 3.05) is 0 Å². The molecular formula is C12H8BrNO. The van der Waals surface area contributed by atoms with Gasteiger partial charge in [0.1, 0.15) is 4.60 Å². The van der Waals surface area contributed by atoms with Crippen molar-refractivity contribution in [1.29, 1.82) is 0 Å². The van der Waals surface area contributed by atoms with Crippen molar-refractivity contribution in [3.63, 3.8) is 0 Å². The normalized spacial score (nSPS) is 9.93. The maximum absolute atomic E-state index is 11.9. The molecule has 0 radical (unpaired) electrons. The molecule has 0 saturated carbocycles. The van der Waals surface area contributed by atoms with Crippen LogP contribution in [0.15, 0.2) is 53.3 Å². The zero-order valence-corrected chi connectivity index (χ0v) is 9.44. The molecule has 1 aromatic carbocycles. The second-order valence-electron chi connectivity index (χ2n) is 3.06. The number of aromatic nitrogens is 1. The summed E-state index contributed by atoms with van der Waals surface area (Å²) in [7, 11) is 0. The lowest BCUT2D eigenvalue weighted by Crippen LogP contribution is -2.00. The molecule has 0 atom stereocenters. The number of halogens is 1. The Hall–Kier alpha value is -1.48. The number of benzene rings is 1. The Kier molecular flexibility index (Phi) is 2.92. The number of hydrogen-bond donors (Lipinski definition) is 0. The standard InChI is InChI=1S/C12H8BrNO/c13-11-8-10(6-7-14-11)12(15)9-4-2-1-3-5-9/h1-8H. The molecule has 0 aliphatic heterocycles. The van der Waals surface area contributed by atoms with Gasteiger partial charge in [0.15, 0.2) is 5.78 Å². The van der Waals surface area contributed by atoms with Gasteiger partial charge in [0.25, 0.3) is 0 Å². The van der Waals surface area contributed by atoms with Crippen molar-refractivity contribution in [3.8, 4) is 0 Å². The highest BCUT2D eigenvalue weighted by Gasteiger charge is 2.08. The zero-order chi connectivity index (χ0) is 10.7. The maximum Gasteiger partial charge on any atom is 0.193 e. The molecule has 2 aromatic rings. The van der Waals surface area contributed by atoms with Crippen LogP contribution in [0.2, 0.25) is 0 Å². The van der Waals surface area contributed by atoms with E-state index in [2.05, 4.69) is 20.9 Å². The van der Waals surface area contributed by atoms with Gasteiger partial charge in [-0.1, -0.05) is 30.3 Å². The Balaban J connectivity index is 2.37. The lowest BCUT2D eigenvalue weighted by Gasteiger charge is -2.00. The van der Waals surface area contributed by atoms with Gasteiger partial charge in [0.2, 0.25) is 0 Å². The minimum Gasteiger partial charge on any atom is -0.289 e. The summed E-state index contributed by atoms with van der Waals surface area (Å²) in [5.41, 5.74) is 1.33. The Morgan fingerprint density at radius 1 is 1.07 bits per heavy atom. The molecule has 0 N–H and O–H groups in total. The number of ketones is 1. The first-order chi connectivity index (χ1) is 7.27. The van der Waals surface area contributed by atoms with E-state index in [0.717, 1.165) is 0 Å². The van der Waals surface area contributed by atoms with Crippen molar-refractivity contribution >= 4 is 21.7 Å². The SMILES string of the molecule is O=C(c1ccccc1)c1ccnc(Br)c1. The van der Waals surface area contributed by atoms with Crippen LogP contribution in [0.3, 0.4) is 0 Å². The fourth-order valence-electron chi connectivity index (χ4n) is 1.30. The molecule has 74 valence electrons. The molecule has 3 heteroatoms. The van der Waals surface area contributed by atoms with Gasteiger partial charge in [-0.3, -0.25) is 4.79 Å². The number of nitrogens with zero attached hydrogens (tertiary/aromatic N) is 1. The van der Waals surface area contributed by atoms with E-state index < -0.39 is 0 Å². The van der Waals surface area contributed by atoms with Crippen molar-refractivity contribution < 1.29 is 4.79 Å². The summed E-state index contributed by atoms with van der Waals surface area (Å²) in [6, 6.07) is 12.6. The van der Waals surface area contributed by atoms with Crippen molar-refractivity contribution in [1.82, 2.24) is 4.98 Å². The van der Waals surface area contributed by atoms with Crippen LogP contribution >= 0.6 is 15.9 Å². The first-order valence-corrected chi connectivity index (χ1v) is 5.28. The zero-order valence-electron chi connectivity index (χ0n) is 7.85. The first-order valence-electron chi connectivity index (χ1n) is 4.48. The molecule has 0 amide bonds. The molecule has 2 rings (SSSR count). The van der Waals surface area contributed by atoms with E-state index in [1.54, 1.807) is 30.5 Å². The van der Waals surface area contributed by atoms with Gasteiger partial charge in [0.05, 0.1) is 0 Å². The lowest BCUT2D eigenvalue weighted by molar-refractivity contribution is 0.103. The Bertz CT molecular complexity index is 482. The molecule has 1 heterocycles. The fraction of sp³-hybridized carbons (Fsp3) is 0. The highest BCUT2D eigenvalue weighted by Crippen LogP contribution is 2.12. The molecule has 0 fully saturated rings. The van der Waals surface area contributed by atoms with Gasteiger partial charge in [-0.15, -0.1) is 0 Å². The van der Waals surface area contributed by atoms with E-state index in [-0.39, 0.29) is 5.78 Å². The highest BCUT2D eigenvalue weighted by atomic mass is 79.9. The minimum atomic E-state index is 0.0127. The Labute approximate surface area is 96.1 Å². The summed E-state index contributed by atoms with van der Waals surface area (Å²) in [4.78, 5) is 15.9. The molecule has 2 nitrogen and oxygen atoms in total. The molecule has 0 aliphatic rings. The number of pyridine rings is 1. The van der Waals surface area contributed by atoms with Gasteiger partial charge >= 0.3 is 0 Å². The molecule has 0 bridgehead atoms. The van der Waals surface area contributed by atoms with Gasteiger partial charge in [-0.2, -0.15) is 0 Å². The number of hydrogen-bond acceptors (Lipinski definition) is 2. The third-order valence-electron chi connectivity index (χ3n) is 2.02. The van der Waals surface area contributed by atoms with Crippen molar-refractivity contribution in [2.24, 2.45) is 0 Å². The van der Waals surface area contributed by atoms with E-state index in [0.29, 0.717) is 15.7 Å². The van der Waals surface area contributed by atoms with E-state index in [1.165, 1.54) is 0 Å². The quantitative estimate of drug-likeness (QED) is 0.615. The smallest absolute Gasteiger partial charge is 0.193 e. The van der Waals surface area contributed by atoms with Crippen LogP contribution < -0.4 is 0 Å². The summed E-state index contributed by atoms with van der Waals surface area (Å²) in [5, 5.41) is 0. The molecule has 0 aliphatic carbocycles. The van der Waals surface area contributed by atoms with E-state index >= 15 is 0 Å². The molecule has 0 spiro atoms. The van der Waals surface area contributed by atoms with Crippen molar-refractivity contribution in [3.05, 3.63) is 64.4 Å². The maximum atomic E-state index is 11.9. The molecule has 1 aromatic heterocycles. The van der Waals surface area contributed by atoms with E-state index in [9.17, 15) is 4.79 Å². The summed E-state index contributed by atoms with van der Waals surface area (Å²) < 4.78 is 0.671. The third kappa shape index (κ3) is 2.30. The van der Waals surface area contributed by atoms with Crippen molar-refractivity contribution in [2.45, 2.75) is 0 Å². The van der Waals surface area contributed by atoms with Crippen LogP contribution in [-0.2, 0) is 0 Å². The molecule has 15 heavy (non-hydrogen) atoms. The van der Waals surface area contributed by atoms with Gasteiger partial charge in [-0.05, 0) is 28.1 Å². The molecular weight excluding hydrogens is 254 g/mol. The predicted octanol–water partition coefficient (Wildman–Crippen LogP) is 3.08. The monoisotopic (exact) mass is 261 g/mol. The van der Waals surface area contributed by atoms with Gasteiger partial charge < -0.3 is 0 Å². The second kappa shape index (κ2) is 4.36.